The van der Waals surface area contributed by atoms with E-state index < -0.39 is 0 Å². The highest BCUT2D eigenvalue weighted by Crippen LogP contribution is 2.43. The van der Waals surface area contributed by atoms with Gasteiger partial charge in [0.2, 0.25) is 0 Å². The predicted molar refractivity (Wildman–Crippen MR) is 67.3 cm³/mol. The Hall–Kier alpha value is -0.330. The van der Waals surface area contributed by atoms with Gasteiger partial charge in [-0.15, -0.1) is 0 Å². The zero-order chi connectivity index (χ0) is 11.5. The van der Waals surface area contributed by atoms with E-state index in [1.54, 1.807) is 0 Å². The normalized spacial score (nSPS) is 34.8. The average molecular weight is 222 g/mol. The molecular weight excluding hydrogens is 196 g/mol. The molecule has 2 aliphatic rings. The van der Waals surface area contributed by atoms with Crippen LogP contribution in [-0.4, -0.2) is 5.78 Å². The van der Waals surface area contributed by atoms with E-state index >= 15 is 0 Å². The number of hydrogen-bond donors (Lipinski definition) is 0. The fraction of sp³-hybridized carbons (Fsp3) is 0.933. The van der Waals surface area contributed by atoms with E-state index in [9.17, 15) is 4.79 Å². The summed E-state index contributed by atoms with van der Waals surface area (Å²) >= 11 is 0. The van der Waals surface area contributed by atoms with E-state index in [1.165, 1.54) is 44.9 Å². The molecule has 92 valence electrons. The van der Waals surface area contributed by atoms with Gasteiger partial charge in [-0.3, -0.25) is 4.79 Å². The van der Waals surface area contributed by atoms with Gasteiger partial charge in [-0.1, -0.05) is 39.5 Å². The smallest absolute Gasteiger partial charge is 0.136 e. The molecule has 3 atom stereocenters. The van der Waals surface area contributed by atoms with Gasteiger partial charge in [0, 0.05) is 12.3 Å². The summed E-state index contributed by atoms with van der Waals surface area (Å²) in [5, 5.41) is 0. The van der Waals surface area contributed by atoms with Gasteiger partial charge < -0.3 is 0 Å². The highest BCUT2D eigenvalue weighted by atomic mass is 16.1. The number of ketones is 1. The molecule has 2 fully saturated rings. The second-order valence-electron chi connectivity index (χ2n) is 6.38. The molecule has 0 bridgehead atoms. The Morgan fingerprint density at radius 3 is 2.44 bits per heavy atom. The molecule has 0 N–H and O–H groups in total. The number of carbonyl (C=O) groups is 1. The quantitative estimate of drug-likeness (QED) is 0.699. The van der Waals surface area contributed by atoms with Crippen LogP contribution in [0.2, 0.25) is 0 Å². The lowest BCUT2D eigenvalue weighted by molar-refractivity contribution is -0.125. The van der Waals surface area contributed by atoms with Crippen molar-refractivity contribution in [3.05, 3.63) is 0 Å². The van der Waals surface area contributed by atoms with Crippen LogP contribution in [0.15, 0.2) is 0 Å². The maximum atomic E-state index is 12.1. The molecule has 0 aromatic rings. The van der Waals surface area contributed by atoms with E-state index in [2.05, 4.69) is 13.8 Å². The number of rotatable bonds is 3. The molecular formula is C15H26O. The van der Waals surface area contributed by atoms with Crippen LogP contribution < -0.4 is 0 Å². The van der Waals surface area contributed by atoms with Crippen molar-refractivity contribution >= 4 is 5.78 Å². The van der Waals surface area contributed by atoms with Gasteiger partial charge in [-0.2, -0.15) is 0 Å². The Balaban J connectivity index is 1.87. The van der Waals surface area contributed by atoms with Crippen LogP contribution in [0.3, 0.4) is 0 Å². The van der Waals surface area contributed by atoms with Crippen LogP contribution in [0.4, 0.5) is 0 Å². The summed E-state index contributed by atoms with van der Waals surface area (Å²) in [7, 11) is 0. The molecule has 0 heterocycles. The Labute approximate surface area is 100.0 Å². The van der Waals surface area contributed by atoms with Crippen LogP contribution in [0, 0.1) is 23.7 Å². The molecule has 0 amide bonds. The maximum Gasteiger partial charge on any atom is 0.136 e. The van der Waals surface area contributed by atoms with Crippen molar-refractivity contribution in [1.82, 2.24) is 0 Å². The highest BCUT2D eigenvalue weighted by Gasteiger charge is 2.34. The van der Waals surface area contributed by atoms with Gasteiger partial charge >= 0.3 is 0 Å². The standard InChI is InChI=1S/C15H26O/c1-11(2)9-15(16)14-8-7-12-5-3-4-6-13(12)10-14/h11-14H,3-10H2,1-2H3. The van der Waals surface area contributed by atoms with Crippen molar-refractivity contribution in [2.45, 2.75) is 65.2 Å². The van der Waals surface area contributed by atoms with Gasteiger partial charge in [0.15, 0.2) is 0 Å². The van der Waals surface area contributed by atoms with Crippen molar-refractivity contribution in [3.8, 4) is 0 Å². The van der Waals surface area contributed by atoms with E-state index in [0.29, 0.717) is 17.6 Å². The van der Waals surface area contributed by atoms with Crippen LogP contribution >= 0.6 is 0 Å². The molecule has 0 aromatic heterocycles. The minimum Gasteiger partial charge on any atom is -0.299 e. The zero-order valence-corrected chi connectivity index (χ0v) is 10.9. The first-order valence-electron chi connectivity index (χ1n) is 7.19. The van der Waals surface area contributed by atoms with Crippen molar-refractivity contribution in [2.75, 3.05) is 0 Å². The van der Waals surface area contributed by atoms with Crippen LogP contribution in [0.25, 0.3) is 0 Å². The first kappa shape index (κ1) is 12.1. The van der Waals surface area contributed by atoms with Crippen molar-refractivity contribution in [2.24, 2.45) is 23.7 Å². The summed E-state index contributed by atoms with van der Waals surface area (Å²) in [5.74, 6) is 3.37. The second kappa shape index (κ2) is 5.33. The summed E-state index contributed by atoms with van der Waals surface area (Å²) < 4.78 is 0. The third-order valence-corrected chi connectivity index (χ3v) is 4.60. The molecule has 2 saturated carbocycles. The largest absolute Gasteiger partial charge is 0.299 e. The lowest BCUT2D eigenvalue weighted by atomic mass is 9.66. The summed E-state index contributed by atoms with van der Waals surface area (Å²) in [4.78, 5) is 12.1. The third kappa shape index (κ3) is 2.87. The SMILES string of the molecule is CC(C)CC(=O)C1CCC2CCCCC2C1. The Morgan fingerprint density at radius 2 is 1.75 bits per heavy atom. The van der Waals surface area contributed by atoms with E-state index in [1.807, 2.05) is 0 Å². The number of Topliss-reactive ketones (excluding diaryl/α,β-unsaturated/α-hetero) is 1. The fourth-order valence-electron chi connectivity index (χ4n) is 3.73. The van der Waals surface area contributed by atoms with Crippen LogP contribution in [0.5, 0.6) is 0 Å². The van der Waals surface area contributed by atoms with E-state index in [4.69, 9.17) is 0 Å². The molecule has 1 nitrogen and oxygen atoms in total. The van der Waals surface area contributed by atoms with Gasteiger partial charge in [0.1, 0.15) is 5.78 Å². The number of carbonyl (C=O) groups excluding carboxylic acids is 1. The molecule has 3 unspecified atom stereocenters. The second-order valence-corrected chi connectivity index (χ2v) is 6.38. The lowest BCUT2D eigenvalue weighted by Crippen LogP contribution is -2.31. The predicted octanol–water partition coefficient (Wildman–Crippen LogP) is 4.21. The number of hydrogen-bond acceptors (Lipinski definition) is 1. The Bertz CT molecular complexity index is 244. The zero-order valence-electron chi connectivity index (χ0n) is 10.9. The minimum absolute atomic E-state index is 0.418. The highest BCUT2D eigenvalue weighted by molar-refractivity contribution is 5.81. The summed E-state index contributed by atoms with van der Waals surface area (Å²) in [6, 6.07) is 0. The van der Waals surface area contributed by atoms with Gasteiger partial charge in [-0.05, 0) is 37.0 Å². The molecule has 16 heavy (non-hydrogen) atoms. The van der Waals surface area contributed by atoms with Crippen molar-refractivity contribution in [1.29, 1.82) is 0 Å². The lowest BCUT2D eigenvalue weighted by Gasteiger charge is -2.39. The molecule has 0 radical (unpaired) electrons. The van der Waals surface area contributed by atoms with Gasteiger partial charge in [0.05, 0.1) is 0 Å². The molecule has 2 rings (SSSR count). The average Bonchev–Trinajstić information content (AvgIpc) is 2.27. The first-order valence-corrected chi connectivity index (χ1v) is 7.19. The molecule has 1 heteroatoms. The molecule has 0 aromatic carbocycles. The summed E-state index contributed by atoms with van der Waals surface area (Å²) in [5.41, 5.74) is 0. The monoisotopic (exact) mass is 222 g/mol. The molecule has 0 spiro atoms. The van der Waals surface area contributed by atoms with Gasteiger partial charge in [-0.25, -0.2) is 0 Å². The number of fused-ring (bicyclic) bond motifs is 1. The van der Waals surface area contributed by atoms with Gasteiger partial charge in [0.25, 0.3) is 0 Å². The van der Waals surface area contributed by atoms with E-state index in [0.717, 1.165) is 18.3 Å². The maximum absolute atomic E-state index is 12.1. The van der Waals surface area contributed by atoms with Crippen molar-refractivity contribution in [3.63, 3.8) is 0 Å². The van der Waals surface area contributed by atoms with Crippen molar-refractivity contribution < 1.29 is 4.79 Å². The first-order chi connectivity index (χ1) is 7.66. The molecule has 0 aliphatic heterocycles. The molecule has 2 aliphatic carbocycles. The fourth-order valence-corrected chi connectivity index (χ4v) is 3.73. The summed E-state index contributed by atoms with van der Waals surface area (Å²) in [6.07, 6.45) is 10.2. The Kier molecular flexibility index (Phi) is 4.05. The Morgan fingerprint density at radius 1 is 1.06 bits per heavy atom. The van der Waals surface area contributed by atoms with E-state index in [-0.39, 0.29) is 0 Å². The topological polar surface area (TPSA) is 17.1 Å². The summed E-state index contributed by atoms with van der Waals surface area (Å²) in [6.45, 7) is 4.31. The minimum atomic E-state index is 0.418. The third-order valence-electron chi connectivity index (χ3n) is 4.60. The van der Waals surface area contributed by atoms with Crippen LogP contribution in [0.1, 0.15) is 65.2 Å². The van der Waals surface area contributed by atoms with Crippen LogP contribution in [-0.2, 0) is 4.79 Å². The molecule has 0 saturated heterocycles.